The molecule has 6 fully saturated rings. The van der Waals surface area contributed by atoms with Crippen molar-refractivity contribution in [1.82, 2.24) is 44.4 Å². The highest BCUT2D eigenvalue weighted by Gasteiger charge is 2.53. The van der Waals surface area contributed by atoms with E-state index in [2.05, 4.69) is 313 Å². The van der Waals surface area contributed by atoms with Gasteiger partial charge in [-0.15, -0.1) is 0 Å². The van der Waals surface area contributed by atoms with Gasteiger partial charge in [0.15, 0.2) is 5.41 Å². The molecular weight excluding hydrogens is 1430 g/mol. The molecule has 1 aromatic carbocycles. The molecule has 0 saturated carbocycles. The van der Waals surface area contributed by atoms with Crippen LogP contribution in [0.2, 0.25) is 0 Å². The van der Waals surface area contributed by atoms with Crippen LogP contribution >= 0.6 is 0 Å². The maximum Gasteiger partial charge on any atom is 0.508 e. The van der Waals surface area contributed by atoms with Gasteiger partial charge in [-0.25, -0.2) is 9.78 Å². The van der Waals surface area contributed by atoms with E-state index in [0.29, 0.717) is 5.75 Å². The van der Waals surface area contributed by atoms with Gasteiger partial charge in [0.1, 0.15) is 60.4 Å². The summed E-state index contributed by atoms with van der Waals surface area (Å²) in [5, 5.41) is 10.4. The van der Waals surface area contributed by atoms with E-state index in [1.54, 1.807) is 13.8 Å². The average molecular weight is 1590 g/mol. The van der Waals surface area contributed by atoms with Gasteiger partial charge in [-0.3, -0.25) is 48.6 Å². The summed E-state index contributed by atoms with van der Waals surface area (Å²) in [5.41, 5.74) is 1.22. The first kappa shape index (κ1) is 100. The molecule has 1 N–H and O–H groups in total. The summed E-state index contributed by atoms with van der Waals surface area (Å²) in [6, 6.07) is 4.18. The van der Waals surface area contributed by atoms with Crippen LogP contribution in [0.4, 0.5) is 10.7 Å². The average Bonchev–Trinajstić information content (AvgIpc) is 0.793. The number of benzene rings is 1. The Morgan fingerprint density at radius 3 is 0.752 bits per heavy atom. The van der Waals surface area contributed by atoms with E-state index in [1.807, 2.05) is 32.8 Å². The molecule has 22 nitrogen and oxygen atoms in total. The predicted molar refractivity (Wildman–Crippen MR) is 458 cm³/mol. The molecule has 0 spiro atoms. The fourth-order valence-electron chi connectivity index (χ4n) is 18.5. The van der Waals surface area contributed by atoms with Crippen LogP contribution in [0, 0.1) is 26.2 Å². The van der Waals surface area contributed by atoms with E-state index in [-0.39, 0.29) is 120 Å². The third-order valence-electron chi connectivity index (χ3n) is 26.7. The van der Waals surface area contributed by atoms with Gasteiger partial charge >= 0.3 is 30.0 Å². The van der Waals surface area contributed by atoms with Gasteiger partial charge < -0.3 is 38.4 Å². The second-order valence-electron chi connectivity index (χ2n) is 44.7. The highest BCUT2D eigenvalue weighted by atomic mass is 16.7. The number of piperidine rings is 6. The number of aromatic nitrogens is 3. The fourth-order valence-corrected chi connectivity index (χ4v) is 18.5. The quantitative estimate of drug-likeness (QED) is 0.125. The topological polar surface area (TPSA) is 222 Å². The second kappa shape index (κ2) is 35.4. The Hall–Kier alpha value is -5.26. The van der Waals surface area contributed by atoms with Gasteiger partial charge in [0.2, 0.25) is 5.95 Å². The molecule has 650 valence electrons. The highest BCUT2D eigenvalue weighted by molar-refractivity contribution is 5.99. The monoisotopic (exact) mass is 1590 g/mol. The maximum absolute atomic E-state index is 13.1. The maximum atomic E-state index is 13.1. The molecule has 0 aliphatic carbocycles. The third kappa shape index (κ3) is 26.4. The number of phenols is 1. The predicted octanol–water partition coefficient (Wildman–Crippen LogP) is 17.5. The molecule has 7 heterocycles. The summed E-state index contributed by atoms with van der Waals surface area (Å²) in [6.45, 7) is 74.1. The largest absolute Gasteiger partial charge is 0.508 e. The smallest absolute Gasteiger partial charge is 0.507 e. The number of aromatic hydroxyl groups is 1. The van der Waals surface area contributed by atoms with Gasteiger partial charge in [-0.1, -0.05) is 59.2 Å². The van der Waals surface area contributed by atoms with Crippen molar-refractivity contribution in [2.75, 3.05) is 61.3 Å². The van der Waals surface area contributed by atoms with E-state index in [9.17, 15) is 29.1 Å². The van der Waals surface area contributed by atoms with Gasteiger partial charge in [0.05, 0.1) is 0 Å². The molecule has 0 radical (unpaired) electrons. The molecular formula is C91H164N10O12. The van der Waals surface area contributed by atoms with Crippen LogP contribution < -0.4 is 4.90 Å². The van der Waals surface area contributed by atoms with Gasteiger partial charge in [-0.05, 0) is 265 Å². The minimum absolute atomic E-state index is 0.00969. The molecule has 0 bridgehead atoms. The molecule has 0 amide bonds. The van der Waals surface area contributed by atoms with E-state index in [4.69, 9.17) is 28.4 Å². The van der Waals surface area contributed by atoms with E-state index >= 15 is 0 Å². The van der Waals surface area contributed by atoms with Crippen molar-refractivity contribution in [1.29, 1.82) is 0 Å². The normalized spacial score (nSPS) is 24.0. The molecule has 8 rings (SSSR count). The van der Waals surface area contributed by atoms with Gasteiger partial charge in [0, 0.05) is 158 Å². The van der Waals surface area contributed by atoms with Crippen LogP contribution in [-0.4, -0.2) is 239 Å². The molecule has 6 saturated heterocycles. The second-order valence-corrected chi connectivity index (χ2v) is 44.7. The summed E-state index contributed by atoms with van der Waals surface area (Å²) in [6.07, 6.45) is 7.44. The zero-order valence-corrected chi connectivity index (χ0v) is 79.7. The summed E-state index contributed by atoms with van der Waals surface area (Å²) in [7, 11) is 16.6. The van der Waals surface area contributed by atoms with Crippen LogP contribution in [0.1, 0.15) is 333 Å². The van der Waals surface area contributed by atoms with Crippen molar-refractivity contribution < 1.29 is 57.5 Å². The number of phenolic OH excluding ortho intramolecular Hbond substituents is 1. The van der Waals surface area contributed by atoms with Crippen LogP contribution in [0.25, 0.3) is 0 Å². The molecule has 6 aliphatic heterocycles. The van der Waals surface area contributed by atoms with Crippen molar-refractivity contribution in [2.45, 2.75) is 440 Å². The van der Waals surface area contributed by atoms with Gasteiger partial charge in [-0.2, -0.15) is 9.97 Å². The lowest BCUT2D eigenvalue weighted by atomic mass is 9.78. The molecule has 2 aromatic rings. The minimum atomic E-state index is -1.34. The third-order valence-corrected chi connectivity index (χ3v) is 26.7. The Balaban J connectivity index is 0.000000309. The number of likely N-dealkylation sites (tertiary alicyclic amines) is 6. The molecule has 0 atom stereocenters. The lowest BCUT2D eigenvalue weighted by molar-refractivity contribution is -0.185. The Bertz CT molecular complexity index is 3270. The zero-order chi connectivity index (χ0) is 87.9. The van der Waals surface area contributed by atoms with Crippen molar-refractivity contribution >= 4 is 36.0 Å². The number of carbonyl (C=O) groups excluding carboxylic acids is 5. The van der Waals surface area contributed by atoms with Crippen molar-refractivity contribution in [3.8, 4) is 5.75 Å². The van der Waals surface area contributed by atoms with Crippen molar-refractivity contribution in [2.24, 2.45) is 5.41 Å². The standard InChI is InChI=1S/C25H46N2O4.C23H42N2O4.C21H40N2O3.C15H24O.C7H12N4/c1-21(2)13-17(14-22(3,4)26(21)11)30-19(28)25(9,10)20(29)31-18-15-23(5,6)27(12)24(7,8)16-18;1-20(2)12-16(13-21(3,4)24(20)9)28-18(26)11-19(27)29-17-14-22(5,6)25(10)23(7,8)15-17;1-18(2)11-15(12-19(3,4)22(18)9)25-17(24)26-16-13-20(5,6)23(10)21(7,8)14-16;1-10-8-11(14(2,3)4)13(16)12(9-10)15(5,6)7;1-5-8-6(2)10-7(9-5)11(3)4/h17-18H,13-16H2,1-12H3;16-17H,11-15H2,1-10H3;15-16H,11-14H2,1-10H3;8-9,16H,1-7H3;1-4H3. The fraction of sp³-hybridized carbons (Fsp3) is 0.846. The Morgan fingerprint density at radius 2 is 0.558 bits per heavy atom. The Labute approximate surface area is 687 Å². The number of ether oxygens (including phenoxy) is 6. The SMILES string of the molecule is CN1C(C)(C)CC(OC(=O)C(C)(C)C(=O)OC2CC(C)(C)N(C)C(C)(C)C2)CC1(C)C.CN1C(C)(C)CC(OC(=O)CC(=O)OC2CC(C)(C)N(C)C(C)(C)C2)CC1(C)C.CN1C(C)(C)CC(OC(=O)OC2CC(C)(C)N(C)C(C)(C)C2)CC1(C)C.Cc1cc(C(C)(C)C)c(O)c(C(C)(C)C)c1.Cc1nc(C)nc(N(C)C)n1. The number of carbonyl (C=O) groups is 5. The van der Waals surface area contributed by atoms with Crippen LogP contribution in [-0.2, 0) is 58.4 Å². The first-order valence-corrected chi connectivity index (χ1v) is 41.7. The van der Waals surface area contributed by atoms with E-state index < -0.39 is 35.4 Å². The molecule has 0 unspecified atom stereocenters. The Morgan fingerprint density at radius 1 is 0.363 bits per heavy atom. The number of hydrogen-bond acceptors (Lipinski definition) is 22. The number of nitrogens with zero attached hydrogens (tertiary/aromatic N) is 10. The first-order valence-electron chi connectivity index (χ1n) is 41.7. The lowest BCUT2D eigenvalue weighted by Crippen LogP contribution is -2.61. The first-order chi connectivity index (χ1) is 50.4. The molecule has 22 heteroatoms. The molecule has 1 aromatic heterocycles. The zero-order valence-electron chi connectivity index (χ0n) is 79.7. The summed E-state index contributed by atoms with van der Waals surface area (Å²) in [4.78, 5) is 91.9. The van der Waals surface area contributed by atoms with Crippen molar-refractivity contribution in [3.63, 3.8) is 0 Å². The van der Waals surface area contributed by atoms with E-state index in [0.717, 1.165) is 106 Å². The molecule has 6 aliphatic rings. The van der Waals surface area contributed by atoms with Gasteiger partial charge in [0.25, 0.3) is 0 Å². The number of hydrogen-bond donors (Lipinski definition) is 1. The van der Waals surface area contributed by atoms with Crippen LogP contribution in [0.5, 0.6) is 5.75 Å². The summed E-state index contributed by atoms with van der Waals surface area (Å²) in [5.74, 6) is 0.753. The highest BCUT2D eigenvalue weighted by Crippen LogP contribution is 2.46. The lowest BCUT2D eigenvalue weighted by Gasteiger charge is -2.53. The number of rotatable bonds is 11. The number of anilines is 1. The van der Waals surface area contributed by atoms with E-state index in [1.165, 1.54) is 5.56 Å². The van der Waals surface area contributed by atoms with Crippen LogP contribution in [0.3, 0.4) is 0 Å². The Kier molecular flexibility index (Phi) is 31.3. The summed E-state index contributed by atoms with van der Waals surface area (Å²) >= 11 is 0. The minimum Gasteiger partial charge on any atom is -0.507 e. The molecule has 113 heavy (non-hydrogen) atoms. The number of aryl methyl sites for hydroxylation is 3. The summed E-state index contributed by atoms with van der Waals surface area (Å²) < 4.78 is 34.8. The van der Waals surface area contributed by atoms with Crippen LogP contribution in [0.15, 0.2) is 12.1 Å². The number of esters is 4. The van der Waals surface area contributed by atoms with Crippen molar-refractivity contribution in [3.05, 3.63) is 40.5 Å².